The number of carbonyl (C=O) groups is 1. The standard InChI is InChI=1S/C14H11F2NO2/c15-10-3-1-2-9(13(10)16)11-6-7-12(14(18)19)17(11)8-4-5-8/h1-3,6-8H,4-5H2,(H,18,19). The molecule has 0 radical (unpaired) electrons. The molecule has 1 N–H and O–H groups in total. The van der Waals surface area contributed by atoms with Gasteiger partial charge in [-0.3, -0.25) is 0 Å². The van der Waals surface area contributed by atoms with E-state index in [4.69, 9.17) is 5.11 Å². The number of aromatic nitrogens is 1. The van der Waals surface area contributed by atoms with Crippen molar-refractivity contribution in [3.8, 4) is 11.3 Å². The molecule has 5 heteroatoms. The quantitative estimate of drug-likeness (QED) is 0.921. The molecule has 0 amide bonds. The number of carboxylic acid groups (broad SMARTS) is 1. The van der Waals surface area contributed by atoms with Crippen LogP contribution in [0.25, 0.3) is 11.3 Å². The summed E-state index contributed by atoms with van der Waals surface area (Å²) in [5, 5.41) is 9.14. The smallest absolute Gasteiger partial charge is 0.352 e. The molecule has 1 fully saturated rings. The topological polar surface area (TPSA) is 42.2 Å². The maximum absolute atomic E-state index is 13.8. The zero-order chi connectivity index (χ0) is 13.6. The van der Waals surface area contributed by atoms with Gasteiger partial charge in [0.1, 0.15) is 5.69 Å². The first kappa shape index (κ1) is 11.9. The molecule has 0 unspecified atom stereocenters. The molecule has 1 aromatic heterocycles. The summed E-state index contributed by atoms with van der Waals surface area (Å²) in [6.07, 6.45) is 1.72. The first-order chi connectivity index (χ1) is 9.09. The number of hydrogen-bond acceptors (Lipinski definition) is 1. The highest BCUT2D eigenvalue weighted by Gasteiger charge is 2.30. The maximum atomic E-state index is 13.8. The highest BCUT2D eigenvalue weighted by atomic mass is 19.2. The van der Waals surface area contributed by atoms with Crippen LogP contribution in [0.2, 0.25) is 0 Å². The molecule has 2 aromatic rings. The van der Waals surface area contributed by atoms with Gasteiger partial charge < -0.3 is 9.67 Å². The Morgan fingerprint density at radius 1 is 1.21 bits per heavy atom. The van der Waals surface area contributed by atoms with Crippen LogP contribution in [0.5, 0.6) is 0 Å². The number of aromatic carboxylic acids is 1. The van der Waals surface area contributed by atoms with Crippen molar-refractivity contribution in [3.63, 3.8) is 0 Å². The van der Waals surface area contributed by atoms with Gasteiger partial charge in [0.05, 0.1) is 5.69 Å². The summed E-state index contributed by atoms with van der Waals surface area (Å²) >= 11 is 0. The Morgan fingerprint density at radius 2 is 1.95 bits per heavy atom. The van der Waals surface area contributed by atoms with Gasteiger partial charge in [-0.05, 0) is 37.1 Å². The molecule has 1 aromatic carbocycles. The second-order valence-corrected chi connectivity index (χ2v) is 4.61. The average molecular weight is 263 g/mol. The fraction of sp³-hybridized carbons (Fsp3) is 0.214. The van der Waals surface area contributed by atoms with Gasteiger partial charge in [-0.1, -0.05) is 6.07 Å². The molecule has 3 rings (SSSR count). The Hall–Kier alpha value is -2.17. The third-order valence-corrected chi connectivity index (χ3v) is 3.28. The Labute approximate surface area is 108 Å². The van der Waals surface area contributed by atoms with Gasteiger partial charge >= 0.3 is 5.97 Å². The van der Waals surface area contributed by atoms with Crippen molar-refractivity contribution >= 4 is 5.97 Å². The largest absolute Gasteiger partial charge is 0.477 e. The lowest BCUT2D eigenvalue weighted by atomic mass is 10.1. The number of carboxylic acids is 1. The molecule has 0 spiro atoms. The van der Waals surface area contributed by atoms with Crippen LogP contribution in [0.3, 0.4) is 0 Å². The molecule has 1 aliphatic rings. The van der Waals surface area contributed by atoms with E-state index in [0.717, 1.165) is 18.9 Å². The zero-order valence-electron chi connectivity index (χ0n) is 9.94. The van der Waals surface area contributed by atoms with E-state index in [9.17, 15) is 13.6 Å². The normalized spacial score (nSPS) is 14.6. The summed E-state index contributed by atoms with van der Waals surface area (Å²) in [6, 6.07) is 6.94. The second-order valence-electron chi connectivity index (χ2n) is 4.61. The fourth-order valence-corrected chi connectivity index (χ4v) is 2.27. The van der Waals surface area contributed by atoms with E-state index >= 15 is 0 Å². The van der Waals surface area contributed by atoms with E-state index in [0.29, 0.717) is 5.69 Å². The molecule has 1 saturated carbocycles. The first-order valence-corrected chi connectivity index (χ1v) is 5.98. The molecule has 1 heterocycles. The van der Waals surface area contributed by atoms with Crippen molar-refractivity contribution in [1.82, 2.24) is 4.57 Å². The van der Waals surface area contributed by atoms with Gasteiger partial charge in [-0.25, -0.2) is 13.6 Å². The third-order valence-electron chi connectivity index (χ3n) is 3.28. The Morgan fingerprint density at radius 3 is 2.58 bits per heavy atom. The summed E-state index contributed by atoms with van der Waals surface area (Å²) in [4.78, 5) is 11.2. The molecule has 0 saturated heterocycles. The molecule has 19 heavy (non-hydrogen) atoms. The highest BCUT2D eigenvalue weighted by Crippen LogP contribution is 2.41. The Bertz CT molecular complexity index is 659. The van der Waals surface area contributed by atoms with E-state index in [2.05, 4.69) is 0 Å². The summed E-state index contributed by atoms with van der Waals surface area (Å²) in [5.41, 5.74) is 0.623. The molecule has 98 valence electrons. The fourth-order valence-electron chi connectivity index (χ4n) is 2.27. The number of benzene rings is 1. The second kappa shape index (κ2) is 4.19. The van der Waals surface area contributed by atoms with Crippen molar-refractivity contribution in [2.75, 3.05) is 0 Å². The van der Waals surface area contributed by atoms with Crippen LogP contribution in [0.15, 0.2) is 30.3 Å². The number of halogens is 2. The molecular formula is C14H11F2NO2. The zero-order valence-corrected chi connectivity index (χ0v) is 9.94. The predicted molar refractivity (Wildman–Crippen MR) is 65.0 cm³/mol. The highest BCUT2D eigenvalue weighted by molar-refractivity contribution is 5.87. The monoisotopic (exact) mass is 263 g/mol. The van der Waals surface area contributed by atoms with Crippen LogP contribution >= 0.6 is 0 Å². The van der Waals surface area contributed by atoms with Crippen LogP contribution < -0.4 is 0 Å². The van der Waals surface area contributed by atoms with Gasteiger partial charge in [-0.15, -0.1) is 0 Å². The van der Waals surface area contributed by atoms with Gasteiger partial charge in [0.2, 0.25) is 0 Å². The molecular weight excluding hydrogens is 252 g/mol. The van der Waals surface area contributed by atoms with Crippen molar-refractivity contribution in [3.05, 3.63) is 47.7 Å². The Kier molecular flexibility index (Phi) is 2.62. The van der Waals surface area contributed by atoms with Crippen LogP contribution in [0, 0.1) is 11.6 Å². The molecule has 0 aliphatic heterocycles. The van der Waals surface area contributed by atoms with E-state index in [1.165, 1.54) is 24.3 Å². The summed E-state index contributed by atoms with van der Waals surface area (Å²) in [5.74, 6) is -2.94. The van der Waals surface area contributed by atoms with Crippen LogP contribution in [-0.4, -0.2) is 15.6 Å². The SMILES string of the molecule is O=C(O)c1ccc(-c2cccc(F)c2F)n1C1CC1. The minimum atomic E-state index is -1.06. The lowest BCUT2D eigenvalue weighted by Crippen LogP contribution is -2.08. The van der Waals surface area contributed by atoms with Crippen LogP contribution in [0.1, 0.15) is 29.4 Å². The first-order valence-electron chi connectivity index (χ1n) is 5.98. The predicted octanol–water partition coefficient (Wildman–Crippen LogP) is 3.47. The van der Waals surface area contributed by atoms with Gasteiger partial charge in [0, 0.05) is 11.6 Å². The van der Waals surface area contributed by atoms with Crippen LogP contribution in [-0.2, 0) is 0 Å². The lowest BCUT2D eigenvalue weighted by molar-refractivity contribution is 0.0685. The average Bonchev–Trinajstić information content (AvgIpc) is 3.11. The summed E-state index contributed by atoms with van der Waals surface area (Å²) in [6.45, 7) is 0. The summed E-state index contributed by atoms with van der Waals surface area (Å²) in [7, 11) is 0. The summed E-state index contributed by atoms with van der Waals surface area (Å²) < 4.78 is 28.7. The number of hydrogen-bond donors (Lipinski definition) is 1. The van der Waals surface area contributed by atoms with E-state index in [-0.39, 0.29) is 17.3 Å². The molecule has 0 bridgehead atoms. The van der Waals surface area contributed by atoms with Crippen molar-refractivity contribution in [1.29, 1.82) is 0 Å². The molecule has 0 atom stereocenters. The number of rotatable bonds is 3. The van der Waals surface area contributed by atoms with E-state index in [1.54, 1.807) is 4.57 Å². The molecule has 3 nitrogen and oxygen atoms in total. The van der Waals surface area contributed by atoms with Gasteiger partial charge in [0.25, 0.3) is 0 Å². The number of nitrogens with zero attached hydrogens (tertiary/aromatic N) is 1. The van der Waals surface area contributed by atoms with Crippen LogP contribution in [0.4, 0.5) is 8.78 Å². The van der Waals surface area contributed by atoms with Crippen molar-refractivity contribution in [2.45, 2.75) is 18.9 Å². The van der Waals surface area contributed by atoms with E-state index in [1.807, 2.05) is 0 Å². The van der Waals surface area contributed by atoms with Gasteiger partial charge in [-0.2, -0.15) is 0 Å². The van der Waals surface area contributed by atoms with Crippen molar-refractivity contribution < 1.29 is 18.7 Å². The van der Waals surface area contributed by atoms with Gasteiger partial charge in [0.15, 0.2) is 11.6 Å². The lowest BCUT2D eigenvalue weighted by Gasteiger charge is -2.11. The maximum Gasteiger partial charge on any atom is 0.352 e. The third kappa shape index (κ3) is 1.91. The molecule has 1 aliphatic carbocycles. The minimum Gasteiger partial charge on any atom is -0.477 e. The minimum absolute atomic E-state index is 0.0683. The Balaban J connectivity index is 2.20. The van der Waals surface area contributed by atoms with Crippen molar-refractivity contribution in [2.24, 2.45) is 0 Å². The van der Waals surface area contributed by atoms with E-state index < -0.39 is 17.6 Å².